The van der Waals surface area contributed by atoms with E-state index in [1.807, 2.05) is 0 Å². The monoisotopic (exact) mass is 192 g/mol. The summed E-state index contributed by atoms with van der Waals surface area (Å²) in [6.07, 6.45) is -6.62. The fourth-order valence-electron chi connectivity index (χ4n) is 1.26. The fraction of sp³-hybridized carbons (Fsp3) is 0.857. The Kier molecular flexibility index (Phi) is 2.87. The topological polar surface area (TPSA) is 107 Å². The lowest BCUT2D eigenvalue weighted by atomic mass is 9.96. The fourth-order valence-corrected chi connectivity index (χ4v) is 1.26. The number of carboxylic acids is 1. The van der Waals surface area contributed by atoms with Gasteiger partial charge in [0.05, 0.1) is 6.10 Å². The van der Waals surface area contributed by atoms with Gasteiger partial charge in [0.15, 0.2) is 6.10 Å². The number of hydrogen-bond donors (Lipinski definition) is 4. The van der Waals surface area contributed by atoms with Crippen molar-refractivity contribution in [3.63, 3.8) is 0 Å². The van der Waals surface area contributed by atoms with E-state index in [1.165, 1.54) is 6.92 Å². The molecule has 6 nitrogen and oxygen atoms in total. The van der Waals surface area contributed by atoms with E-state index in [0.717, 1.165) is 0 Å². The smallest absolute Gasteiger partial charge is 0.335 e. The second kappa shape index (κ2) is 3.59. The molecule has 0 aromatic carbocycles. The van der Waals surface area contributed by atoms with Crippen molar-refractivity contribution in [2.75, 3.05) is 0 Å². The van der Waals surface area contributed by atoms with Crippen LogP contribution in [0.3, 0.4) is 0 Å². The van der Waals surface area contributed by atoms with Gasteiger partial charge < -0.3 is 25.2 Å². The lowest BCUT2D eigenvalue weighted by Gasteiger charge is -2.37. The normalized spacial score (nSPS) is 46.0. The van der Waals surface area contributed by atoms with Gasteiger partial charge in [-0.05, 0) is 6.92 Å². The van der Waals surface area contributed by atoms with E-state index in [2.05, 4.69) is 0 Å². The second-order valence-electron chi connectivity index (χ2n) is 3.07. The maximum atomic E-state index is 10.5. The van der Waals surface area contributed by atoms with E-state index in [9.17, 15) is 20.1 Å². The molecule has 0 bridgehead atoms. The first-order valence-electron chi connectivity index (χ1n) is 3.87. The molecule has 5 atom stereocenters. The molecule has 0 radical (unpaired) electrons. The third-order valence-corrected chi connectivity index (χ3v) is 2.10. The number of aliphatic hydroxyl groups excluding tert-OH is 3. The van der Waals surface area contributed by atoms with E-state index < -0.39 is 36.5 Å². The standard InChI is InChI=1S/C7H12O6/c1-2-3(8)4(9)5(10)6(13-2)7(11)12/h2-6,8-10H,1H3,(H,11,12)/t2-,3-,4+,5-,6-/m1/s1. The Hall–Kier alpha value is -0.690. The molecule has 1 rings (SSSR count). The molecule has 0 unspecified atom stereocenters. The maximum Gasteiger partial charge on any atom is 0.335 e. The molecule has 6 heteroatoms. The van der Waals surface area contributed by atoms with Crippen LogP contribution in [-0.2, 0) is 9.53 Å². The quantitative estimate of drug-likeness (QED) is 0.380. The van der Waals surface area contributed by atoms with Crippen LogP contribution >= 0.6 is 0 Å². The Labute approximate surface area is 74.4 Å². The van der Waals surface area contributed by atoms with Gasteiger partial charge in [0.1, 0.15) is 18.3 Å². The largest absolute Gasteiger partial charge is 0.479 e. The number of ether oxygens (including phenoxy) is 1. The molecule has 1 saturated heterocycles. The maximum absolute atomic E-state index is 10.5. The van der Waals surface area contributed by atoms with Crippen molar-refractivity contribution < 1.29 is 30.0 Å². The molecule has 0 saturated carbocycles. The molecule has 13 heavy (non-hydrogen) atoms. The Balaban J connectivity index is 2.76. The Morgan fingerprint density at radius 3 is 2.15 bits per heavy atom. The van der Waals surface area contributed by atoms with E-state index in [-0.39, 0.29) is 0 Å². The van der Waals surface area contributed by atoms with Crippen LogP contribution in [0.2, 0.25) is 0 Å². The Morgan fingerprint density at radius 2 is 1.69 bits per heavy atom. The molecule has 1 heterocycles. The van der Waals surface area contributed by atoms with Crippen molar-refractivity contribution in [1.82, 2.24) is 0 Å². The van der Waals surface area contributed by atoms with Crippen LogP contribution in [0.15, 0.2) is 0 Å². The first-order chi connectivity index (χ1) is 5.95. The van der Waals surface area contributed by atoms with E-state index >= 15 is 0 Å². The van der Waals surface area contributed by atoms with Gasteiger partial charge in [-0.15, -0.1) is 0 Å². The van der Waals surface area contributed by atoms with Crippen LogP contribution < -0.4 is 0 Å². The SMILES string of the molecule is C[C@H]1O[C@@H](C(=O)O)[C@H](O)[C@@H](O)[C@@H]1O. The number of carboxylic acid groups (broad SMARTS) is 1. The third-order valence-electron chi connectivity index (χ3n) is 2.10. The van der Waals surface area contributed by atoms with Crippen LogP contribution in [0.5, 0.6) is 0 Å². The van der Waals surface area contributed by atoms with Gasteiger partial charge in [-0.25, -0.2) is 4.79 Å². The minimum Gasteiger partial charge on any atom is -0.479 e. The van der Waals surface area contributed by atoms with Gasteiger partial charge in [0.25, 0.3) is 0 Å². The predicted molar refractivity (Wildman–Crippen MR) is 40.0 cm³/mol. The van der Waals surface area contributed by atoms with Crippen molar-refractivity contribution in [3.8, 4) is 0 Å². The minimum atomic E-state index is -1.59. The lowest BCUT2D eigenvalue weighted by molar-refractivity contribution is -0.223. The van der Waals surface area contributed by atoms with Crippen molar-refractivity contribution in [1.29, 1.82) is 0 Å². The van der Waals surface area contributed by atoms with Crippen LogP contribution in [0.25, 0.3) is 0 Å². The summed E-state index contributed by atoms with van der Waals surface area (Å²) in [5.41, 5.74) is 0. The average molecular weight is 192 g/mol. The molecule has 1 aliphatic heterocycles. The van der Waals surface area contributed by atoms with E-state index in [1.54, 1.807) is 0 Å². The first kappa shape index (κ1) is 10.4. The molecule has 0 aromatic rings. The van der Waals surface area contributed by atoms with Gasteiger partial charge in [0.2, 0.25) is 0 Å². The number of hydrogen-bond acceptors (Lipinski definition) is 5. The Morgan fingerprint density at radius 1 is 1.15 bits per heavy atom. The van der Waals surface area contributed by atoms with Crippen molar-refractivity contribution in [2.45, 2.75) is 37.4 Å². The highest BCUT2D eigenvalue weighted by Gasteiger charge is 2.44. The average Bonchev–Trinajstić information content (AvgIpc) is 2.07. The highest BCUT2D eigenvalue weighted by Crippen LogP contribution is 2.20. The summed E-state index contributed by atoms with van der Waals surface area (Å²) in [6.45, 7) is 1.43. The van der Waals surface area contributed by atoms with Crippen LogP contribution in [0.1, 0.15) is 6.92 Å². The molecule has 0 aliphatic carbocycles. The summed E-state index contributed by atoms with van der Waals surface area (Å²) in [5.74, 6) is -1.36. The molecule has 0 aromatic heterocycles. The number of carbonyl (C=O) groups is 1. The van der Waals surface area contributed by atoms with Crippen molar-refractivity contribution >= 4 is 5.97 Å². The second-order valence-corrected chi connectivity index (χ2v) is 3.07. The summed E-state index contributed by atoms with van der Waals surface area (Å²) in [6, 6.07) is 0. The summed E-state index contributed by atoms with van der Waals surface area (Å²) >= 11 is 0. The van der Waals surface area contributed by atoms with Crippen molar-refractivity contribution in [3.05, 3.63) is 0 Å². The highest BCUT2D eigenvalue weighted by molar-refractivity contribution is 5.73. The summed E-state index contributed by atoms with van der Waals surface area (Å²) in [7, 11) is 0. The first-order valence-corrected chi connectivity index (χ1v) is 3.87. The molecule has 0 spiro atoms. The summed E-state index contributed by atoms with van der Waals surface area (Å²) < 4.78 is 4.78. The molecule has 4 N–H and O–H groups in total. The van der Waals surface area contributed by atoms with Crippen molar-refractivity contribution in [2.24, 2.45) is 0 Å². The van der Waals surface area contributed by atoms with Crippen LogP contribution in [0.4, 0.5) is 0 Å². The predicted octanol–water partition coefficient (Wildman–Crippen LogP) is -2.06. The summed E-state index contributed by atoms with van der Waals surface area (Å²) in [4.78, 5) is 10.5. The molecule has 0 amide bonds. The third kappa shape index (κ3) is 1.80. The lowest BCUT2D eigenvalue weighted by Crippen LogP contribution is -2.58. The zero-order valence-corrected chi connectivity index (χ0v) is 6.99. The summed E-state index contributed by atoms with van der Waals surface area (Å²) in [5, 5.41) is 36.1. The van der Waals surface area contributed by atoms with E-state index in [4.69, 9.17) is 9.84 Å². The minimum absolute atomic E-state index is 0.806. The van der Waals surface area contributed by atoms with Gasteiger partial charge in [-0.3, -0.25) is 0 Å². The van der Waals surface area contributed by atoms with Crippen LogP contribution in [0, 0.1) is 0 Å². The zero-order chi connectivity index (χ0) is 10.2. The molecule has 1 fully saturated rings. The van der Waals surface area contributed by atoms with Crippen LogP contribution in [-0.4, -0.2) is 56.9 Å². The van der Waals surface area contributed by atoms with Gasteiger partial charge in [-0.1, -0.05) is 0 Å². The van der Waals surface area contributed by atoms with Gasteiger partial charge in [0, 0.05) is 0 Å². The number of rotatable bonds is 1. The molecule has 76 valence electrons. The van der Waals surface area contributed by atoms with Gasteiger partial charge in [-0.2, -0.15) is 0 Å². The Bertz CT molecular complexity index is 205. The number of aliphatic hydroxyl groups is 3. The van der Waals surface area contributed by atoms with Gasteiger partial charge >= 0.3 is 5.97 Å². The van der Waals surface area contributed by atoms with E-state index in [0.29, 0.717) is 0 Å². The molecular weight excluding hydrogens is 180 g/mol. The molecule has 1 aliphatic rings. The zero-order valence-electron chi connectivity index (χ0n) is 6.99. The highest BCUT2D eigenvalue weighted by atomic mass is 16.6. The number of aliphatic carboxylic acids is 1. The molecular formula is C7H12O6.